The molecule has 2 bridgehead atoms. The van der Waals surface area contributed by atoms with Gasteiger partial charge in [-0.25, -0.2) is 4.79 Å². The van der Waals surface area contributed by atoms with Gasteiger partial charge in [-0.15, -0.1) is 0 Å². The molecule has 6 fully saturated rings. The Labute approximate surface area is 253 Å². The Balaban J connectivity index is 1.32. The maximum Gasteiger partial charge on any atom is 0.481 e. The summed E-state index contributed by atoms with van der Waals surface area (Å²) in [7, 11) is -0.511. The van der Waals surface area contributed by atoms with Crippen LogP contribution >= 0.6 is 0 Å². The van der Waals surface area contributed by atoms with Gasteiger partial charge in [-0.1, -0.05) is 55.4 Å². The molecule has 4 aliphatic carbocycles. The van der Waals surface area contributed by atoms with Gasteiger partial charge in [0.2, 0.25) is 11.8 Å². The molecule has 2 saturated heterocycles. The number of nitrogens with zero attached hydrogens (tertiary/aromatic N) is 1. The first kappa shape index (κ1) is 31.6. The molecule has 2 heterocycles. The summed E-state index contributed by atoms with van der Waals surface area (Å²) in [6.45, 7) is 25.3. The lowest BCUT2D eigenvalue weighted by Crippen LogP contribution is -2.65. The maximum atomic E-state index is 14.2. The maximum absolute atomic E-state index is 14.2. The second-order valence-electron chi connectivity index (χ2n) is 17.4. The van der Waals surface area contributed by atoms with Crippen LogP contribution in [0.3, 0.4) is 0 Å². The summed E-state index contributed by atoms with van der Waals surface area (Å²) in [6, 6.07) is -1.77. The van der Waals surface area contributed by atoms with Crippen LogP contribution in [0, 0.1) is 39.9 Å². The number of hydrogen-bond donors (Lipinski definition) is 3. The van der Waals surface area contributed by atoms with Crippen LogP contribution in [0.15, 0.2) is 0 Å². The molecule has 42 heavy (non-hydrogen) atoms. The average molecular weight is 587 g/mol. The number of urea groups is 1. The highest BCUT2D eigenvalue weighted by molar-refractivity contribution is 6.47. The lowest BCUT2D eigenvalue weighted by atomic mass is 9.43. The summed E-state index contributed by atoms with van der Waals surface area (Å²) in [5.74, 6) is 0.734. The number of rotatable bonds is 6. The van der Waals surface area contributed by atoms with Gasteiger partial charge in [-0.05, 0) is 86.9 Å². The van der Waals surface area contributed by atoms with E-state index in [9.17, 15) is 14.4 Å². The molecule has 0 aromatic heterocycles. The molecular weight excluding hydrogens is 531 g/mol. The molecule has 10 heteroatoms. The molecule has 4 amide bonds. The van der Waals surface area contributed by atoms with Gasteiger partial charge in [-0.2, -0.15) is 0 Å². The molecule has 0 aromatic rings. The quantitative estimate of drug-likeness (QED) is 0.406. The average Bonchev–Trinajstić information content (AvgIpc) is 3.18. The third-order valence-electron chi connectivity index (χ3n) is 11.7. The number of nitrogens with one attached hydrogen (secondary N) is 3. The van der Waals surface area contributed by atoms with Crippen molar-refractivity contribution in [3.8, 4) is 0 Å². The second kappa shape index (κ2) is 9.85. The molecule has 6 rings (SSSR count). The van der Waals surface area contributed by atoms with Gasteiger partial charge in [0.25, 0.3) is 0 Å². The van der Waals surface area contributed by atoms with Gasteiger partial charge in [0.1, 0.15) is 12.1 Å². The largest absolute Gasteiger partial charge is 0.481 e. The third-order valence-corrected chi connectivity index (χ3v) is 11.7. The highest BCUT2D eigenvalue weighted by Crippen LogP contribution is 2.66. The second-order valence-corrected chi connectivity index (χ2v) is 17.4. The van der Waals surface area contributed by atoms with Crippen molar-refractivity contribution in [3.05, 3.63) is 0 Å². The molecule has 9 nitrogen and oxygen atoms in total. The fourth-order valence-electron chi connectivity index (χ4n) is 8.84. The van der Waals surface area contributed by atoms with E-state index in [1.807, 2.05) is 48.5 Å². The number of amides is 4. The summed E-state index contributed by atoms with van der Waals surface area (Å²) in [4.78, 5) is 42.9. The number of hydrogen-bond acceptors (Lipinski definition) is 5. The summed E-state index contributed by atoms with van der Waals surface area (Å²) < 4.78 is 13.2. The number of likely N-dealkylation sites (tertiary alicyclic amines) is 1. The van der Waals surface area contributed by atoms with Gasteiger partial charge in [0.15, 0.2) is 0 Å². The fraction of sp³-hybridized carbons (Fsp3) is 0.906. The Morgan fingerprint density at radius 2 is 1.62 bits per heavy atom. The Kier molecular flexibility index (Phi) is 7.41. The number of carbonyl (C=O) groups is 3. The van der Waals surface area contributed by atoms with Crippen molar-refractivity contribution in [2.24, 2.45) is 39.9 Å². The van der Waals surface area contributed by atoms with E-state index in [0.29, 0.717) is 24.8 Å². The molecule has 236 valence electrons. The van der Waals surface area contributed by atoms with Gasteiger partial charge in [0, 0.05) is 12.1 Å². The lowest BCUT2D eigenvalue weighted by Gasteiger charge is -2.64. The van der Waals surface area contributed by atoms with Crippen LogP contribution in [0.4, 0.5) is 4.79 Å². The van der Waals surface area contributed by atoms with E-state index in [1.165, 1.54) is 6.42 Å². The molecule has 2 aliphatic heterocycles. The van der Waals surface area contributed by atoms with Crippen molar-refractivity contribution in [2.45, 2.75) is 138 Å². The van der Waals surface area contributed by atoms with Crippen molar-refractivity contribution in [1.29, 1.82) is 0 Å². The van der Waals surface area contributed by atoms with Crippen molar-refractivity contribution in [3.63, 3.8) is 0 Å². The zero-order valence-electron chi connectivity index (χ0n) is 28.0. The highest BCUT2D eigenvalue weighted by Gasteiger charge is 2.71. The predicted octanol–water partition coefficient (Wildman–Crippen LogP) is 4.14. The van der Waals surface area contributed by atoms with Crippen LogP contribution in [0.1, 0.15) is 102 Å². The van der Waals surface area contributed by atoms with Gasteiger partial charge >= 0.3 is 13.1 Å². The van der Waals surface area contributed by atoms with Crippen molar-refractivity contribution in [1.82, 2.24) is 20.9 Å². The van der Waals surface area contributed by atoms with E-state index in [0.717, 1.165) is 6.42 Å². The summed E-state index contributed by atoms with van der Waals surface area (Å²) in [5.41, 5.74) is -1.12. The van der Waals surface area contributed by atoms with E-state index in [2.05, 4.69) is 50.6 Å². The van der Waals surface area contributed by atoms with E-state index < -0.39 is 30.2 Å². The lowest BCUT2D eigenvalue weighted by molar-refractivity contribution is -0.199. The molecular formula is C32H55BN4O5. The van der Waals surface area contributed by atoms with Crippen molar-refractivity contribution < 1.29 is 23.7 Å². The van der Waals surface area contributed by atoms with Crippen LogP contribution in [0.25, 0.3) is 0 Å². The SMILES string of the molecule is CC[C@H](NC(=O)[C@@H]1[C@@H]2[C@H](CN1C(=O)[C@@H](NC(=O)NC(C)(C)C)C(C)(C)C)C2(C)C)B1O[C@@H]2CC3CC(C3(C)C)[C@]2(C)O1. The first-order chi connectivity index (χ1) is 19.1. The topological polar surface area (TPSA) is 109 Å². The zero-order chi connectivity index (χ0) is 31.4. The van der Waals surface area contributed by atoms with Crippen LogP contribution in [-0.4, -0.2) is 71.7 Å². The molecule has 3 N–H and O–H groups in total. The van der Waals surface area contributed by atoms with Crippen LogP contribution in [0.2, 0.25) is 0 Å². The van der Waals surface area contributed by atoms with Gasteiger partial charge in [-0.3, -0.25) is 9.59 Å². The summed E-state index contributed by atoms with van der Waals surface area (Å²) >= 11 is 0. The third kappa shape index (κ3) is 5.06. The number of fused-ring (bicyclic) bond motifs is 1. The Bertz CT molecular complexity index is 1130. The standard InChI is InChI=1S/C32H55BN4O5/c1-13-21(33-41-20-15-17-14-19(30(17,8)9)32(20,12)42-33)34-25(38)23-22-18(31(22,10)11)16-37(23)26(39)24(28(2,3)4)35-27(40)36-29(5,6)7/h17-24H,13-16H2,1-12H3,(H,34,38)(H2,35,36,40)/t17?,18-,19?,20+,21-,22-,23-,24+,32-/m0/s1. The van der Waals surface area contributed by atoms with E-state index >= 15 is 0 Å². The number of piperidine rings is 1. The van der Waals surface area contributed by atoms with Crippen LogP contribution in [-0.2, 0) is 18.9 Å². The minimum absolute atomic E-state index is 0.0237. The van der Waals surface area contributed by atoms with Crippen molar-refractivity contribution >= 4 is 25.0 Å². The normalized spacial score (nSPS) is 37.1. The van der Waals surface area contributed by atoms with Crippen LogP contribution in [0.5, 0.6) is 0 Å². The van der Waals surface area contributed by atoms with E-state index in [1.54, 1.807) is 4.90 Å². The molecule has 0 radical (unpaired) electrons. The monoisotopic (exact) mass is 586 g/mol. The molecule has 4 saturated carbocycles. The minimum atomic E-state index is -0.780. The van der Waals surface area contributed by atoms with E-state index in [-0.39, 0.29) is 58.2 Å². The smallest absolute Gasteiger partial charge is 0.404 e. The van der Waals surface area contributed by atoms with Crippen LogP contribution < -0.4 is 16.0 Å². The van der Waals surface area contributed by atoms with E-state index in [4.69, 9.17) is 9.31 Å². The fourth-order valence-corrected chi connectivity index (χ4v) is 8.84. The highest BCUT2D eigenvalue weighted by atomic mass is 16.7. The summed E-state index contributed by atoms with van der Waals surface area (Å²) in [6.07, 6.45) is 2.87. The minimum Gasteiger partial charge on any atom is -0.404 e. The Morgan fingerprint density at radius 1 is 0.976 bits per heavy atom. The molecule has 9 atom stereocenters. The first-order valence-corrected chi connectivity index (χ1v) is 16.2. The zero-order valence-corrected chi connectivity index (χ0v) is 28.0. The van der Waals surface area contributed by atoms with Crippen molar-refractivity contribution in [2.75, 3.05) is 6.54 Å². The first-order valence-electron chi connectivity index (χ1n) is 16.2. The molecule has 0 spiro atoms. The van der Waals surface area contributed by atoms with Gasteiger partial charge < -0.3 is 30.2 Å². The molecule has 2 unspecified atom stereocenters. The summed E-state index contributed by atoms with van der Waals surface area (Å²) in [5, 5.41) is 9.11. The number of carbonyl (C=O) groups excluding carboxylic acids is 3. The molecule has 6 aliphatic rings. The predicted molar refractivity (Wildman–Crippen MR) is 163 cm³/mol. The molecule has 0 aromatic carbocycles. The Hall–Kier alpha value is -1.81. The van der Waals surface area contributed by atoms with Gasteiger partial charge in [0.05, 0.1) is 17.6 Å². The Morgan fingerprint density at radius 3 is 2.17 bits per heavy atom.